The lowest BCUT2D eigenvalue weighted by Gasteiger charge is -2.40. The minimum Gasteiger partial charge on any atom is -0.494 e. The number of carbonyl (C=O) groups excluding carboxylic acids is 1. The van der Waals surface area contributed by atoms with Crippen molar-refractivity contribution in [2.75, 3.05) is 44.7 Å². The number of ether oxygens (including phenoxy) is 1. The summed E-state index contributed by atoms with van der Waals surface area (Å²) in [5, 5.41) is 0.906. The number of piperidine rings is 1. The highest BCUT2D eigenvalue weighted by Gasteiger charge is 2.40. The zero-order valence-electron chi connectivity index (χ0n) is 18.6. The Morgan fingerprint density at radius 1 is 1.09 bits per heavy atom. The van der Waals surface area contributed by atoms with E-state index in [1.807, 2.05) is 18.2 Å². The van der Waals surface area contributed by atoms with Crippen LogP contribution in [-0.4, -0.2) is 74.4 Å². The molecule has 2 aliphatic rings. The van der Waals surface area contributed by atoms with E-state index in [-0.39, 0.29) is 10.1 Å². The summed E-state index contributed by atoms with van der Waals surface area (Å²) in [6, 6.07) is 8.31. The summed E-state index contributed by atoms with van der Waals surface area (Å²) >= 11 is 8.62. The predicted molar refractivity (Wildman–Crippen MR) is 136 cm³/mol. The molecule has 2 saturated heterocycles. The molecule has 0 aliphatic carbocycles. The number of fused-ring (bicyclic) bond motifs is 1. The summed E-state index contributed by atoms with van der Waals surface area (Å²) in [7, 11) is -2.12. The Morgan fingerprint density at radius 3 is 2.59 bits per heavy atom. The van der Waals surface area contributed by atoms with Gasteiger partial charge in [0.15, 0.2) is 5.13 Å². The van der Waals surface area contributed by atoms with E-state index in [0.29, 0.717) is 43.5 Å². The zero-order chi connectivity index (χ0) is 23.9. The first-order valence-electron chi connectivity index (χ1n) is 11.1. The van der Waals surface area contributed by atoms with E-state index in [0.717, 1.165) is 45.3 Å². The summed E-state index contributed by atoms with van der Waals surface area (Å²) in [6.07, 6.45) is 2.12. The SMILES string of the molecule is COc1cccc2sc(N3CCN(C(=O)C4CCCCN4S(=O)(=O)c4ccc(Cl)s4)CC3)nc12. The maximum atomic E-state index is 13.5. The van der Waals surface area contributed by atoms with Gasteiger partial charge in [-0.1, -0.05) is 35.4 Å². The number of carbonyl (C=O) groups is 1. The highest BCUT2D eigenvalue weighted by Crippen LogP contribution is 2.35. The van der Waals surface area contributed by atoms with Crippen LogP contribution in [0.2, 0.25) is 4.34 Å². The van der Waals surface area contributed by atoms with Gasteiger partial charge in [0.2, 0.25) is 5.91 Å². The third-order valence-electron chi connectivity index (χ3n) is 6.30. The average Bonchev–Trinajstić information content (AvgIpc) is 3.50. The molecule has 182 valence electrons. The minimum atomic E-state index is -3.76. The van der Waals surface area contributed by atoms with Gasteiger partial charge in [0, 0.05) is 32.7 Å². The van der Waals surface area contributed by atoms with Gasteiger partial charge in [-0.25, -0.2) is 13.4 Å². The molecule has 0 bridgehead atoms. The number of benzene rings is 1. The zero-order valence-corrected chi connectivity index (χ0v) is 21.9. The minimum absolute atomic E-state index is 0.114. The molecule has 1 aromatic carbocycles. The van der Waals surface area contributed by atoms with Crippen LogP contribution in [0.15, 0.2) is 34.5 Å². The third kappa shape index (κ3) is 4.39. The second kappa shape index (κ2) is 9.62. The van der Waals surface area contributed by atoms with Crippen molar-refractivity contribution < 1.29 is 17.9 Å². The highest BCUT2D eigenvalue weighted by molar-refractivity contribution is 7.91. The Balaban J connectivity index is 1.29. The number of thiazole rings is 1. The smallest absolute Gasteiger partial charge is 0.253 e. The van der Waals surface area contributed by atoms with Crippen LogP contribution < -0.4 is 9.64 Å². The highest BCUT2D eigenvalue weighted by atomic mass is 35.5. The van der Waals surface area contributed by atoms with Gasteiger partial charge >= 0.3 is 0 Å². The quantitative estimate of drug-likeness (QED) is 0.488. The maximum absolute atomic E-state index is 13.5. The van der Waals surface area contributed by atoms with Crippen LogP contribution in [-0.2, 0) is 14.8 Å². The number of thiophene rings is 1. The van der Waals surface area contributed by atoms with E-state index in [4.69, 9.17) is 21.3 Å². The van der Waals surface area contributed by atoms with Crippen molar-refractivity contribution in [3.63, 3.8) is 0 Å². The Morgan fingerprint density at radius 2 is 1.88 bits per heavy atom. The fourth-order valence-corrected chi connectivity index (χ4v) is 8.83. The van der Waals surface area contributed by atoms with E-state index in [1.165, 1.54) is 10.4 Å². The molecule has 4 heterocycles. The molecule has 2 aromatic heterocycles. The molecule has 2 fully saturated rings. The second-order valence-electron chi connectivity index (χ2n) is 8.30. The van der Waals surface area contributed by atoms with E-state index >= 15 is 0 Å². The van der Waals surface area contributed by atoms with Crippen LogP contribution >= 0.6 is 34.3 Å². The number of nitrogens with zero attached hydrogens (tertiary/aromatic N) is 4. The molecular weight excluding hydrogens is 516 g/mol. The monoisotopic (exact) mass is 540 g/mol. The van der Waals surface area contributed by atoms with Crippen LogP contribution in [0.1, 0.15) is 19.3 Å². The van der Waals surface area contributed by atoms with Gasteiger partial charge in [0.05, 0.1) is 16.1 Å². The number of rotatable bonds is 5. The summed E-state index contributed by atoms with van der Waals surface area (Å²) in [6.45, 7) is 2.70. The van der Waals surface area contributed by atoms with Crippen molar-refractivity contribution in [2.24, 2.45) is 0 Å². The molecule has 0 N–H and O–H groups in total. The molecule has 1 atom stereocenters. The van der Waals surface area contributed by atoms with Crippen molar-refractivity contribution in [1.29, 1.82) is 0 Å². The molecule has 2 aliphatic heterocycles. The summed E-state index contributed by atoms with van der Waals surface area (Å²) < 4.78 is 35.0. The van der Waals surface area contributed by atoms with Gasteiger partial charge in [0.25, 0.3) is 10.0 Å². The molecule has 1 unspecified atom stereocenters. The predicted octanol–water partition coefficient (Wildman–Crippen LogP) is 3.91. The summed E-state index contributed by atoms with van der Waals surface area (Å²) in [5.41, 5.74) is 0.847. The molecular formula is C22H25ClN4O4S3. The normalized spacial score (nSPS) is 20.1. The summed E-state index contributed by atoms with van der Waals surface area (Å²) in [4.78, 5) is 22.2. The molecule has 12 heteroatoms. The van der Waals surface area contributed by atoms with Crippen LogP contribution in [0, 0.1) is 0 Å². The van der Waals surface area contributed by atoms with Crippen molar-refractivity contribution in [2.45, 2.75) is 29.5 Å². The summed E-state index contributed by atoms with van der Waals surface area (Å²) in [5.74, 6) is 0.635. The molecule has 0 saturated carbocycles. The first-order chi connectivity index (χ1) is 16.4. The number of methoxy groups -OCH3 is 1. The van der Waals surface area contributed by atoms with Crippen molar-refractivity contribution in [1.82, 2.24) is 14.2 Å². The van der Waals surface area contributed by atoms with E-state index in [1.54, 1.807) is 29.4 Å². The molecule has 8 nitrogen and oxygen atoms in total. The Kier molecular flexibility index (Phi) is 6.73. The van der Waals surface area contributed by atoms with Gasteiger partial charge in [-0.3, -0.25) is 4.79 Å². The van der Waals surface area contributed by atoms with E-state index in [2.05, 4.69) is 4.90 Å². The number of hydrogen-bond donors (Lipinski definition) is 0. The van der Waals surface area contributed by atoms with Crippen LogP contribution in [0.25, 0.3) is 10.2 Å². The standard InChI is InChI=1S/C22H25ClN4O4S3/c1-31-16-6-4-7-17-20(16)24-22(32-17)26-13-11-25(12-14-26)21(28)15-5-2-3-10-27(15)34(29,30)19-9-8-18(23)33-19/h4,6-9,15H,2-3,5,10-14H2,1H3. The number of para-hydroxylation sites is 1. The number of anilines is 1. The van der Waals surface area contributed by atoms with Crippen molar-refractivity contribution in [3.05, 3.63) is 34.7 Å². The number of amides is 1. The van der Waals surface area contributed by atoms with Crippen LogP contribution in [0.3, 0.4) is 0 Å². The Labute approximate surface area is 211 Å². The lowest BCUT2D eigenvalue weighted by atomic mass is 10.0. The Bertz CT molecular complexity index is 1300. The fraction of sp³-hybridized carbons (Fsp3) is 0.455. The molecule has 1 amide bonds. The lowest BCUT2D eigenvalue weighted by molar-refractivity contribution is -0.136. The van der Waals surface area contributed by atoms with E-state index in [9.17, 15) is 13.2 Å². The lowest BCUT2D eigenvalue weighted by Crippen LogP contribution is -2.57. The number of piperazine rings is 1. The largest absolute Gasteiger partial charge is 0.494 e. The van der Waals surface area contributed by atoms with Gasteiger partial charge in [0.1, 0.15) is 21.5 Å². The van der Waals surface area contributed by atoms with Gasteiger partial charge in [-0.2, -0.15) is 4.31 Å². The molecule has 0 spiro atoms. The van der Waals surface area contributed by atoms with Gasteiger partial charge in [-0.15, -0.1) is 11.3 Å². The topological polar surface area (TPSA) is 83.0 Å². The Hall–Kier alpha value is -1.92. The molecule has 3 aromatic rings. The second-order valence-corrected chi connectivity index (χ2v) is 13.1. The van der Waals surface area contributed by atoms with E-state index < -0.39 is 16.1 Å². The van der Waals surface area contributed by atoms with Crippen molar-refractivity contribution >= 4 is 65.6 Å². The number of halogens is 1. The fourth-order valence-electron chi connectivity index (χ4n) is 4.53. The average molecular weight is 541 g/mol. The van der Waals surface area contributed by atoms with Crippen LogP contribution in [0.5, 0.6) is 5.75 Å². The number of aromatic nitrogens is 1. The molecule has 0 radical (unpaired) electrons. The maximum Gasteiger partial charge on any atom is 0.253 e. The first-order valence-corrected chi connectivity index (χ1v) is 14.6. The number of sulfonamides is 1. The third-order valence-corrected chi connectivity index (χ3v) is 11.0. The van der Waals surface area contributed by atoms with Gasteiger partial charge in [-0.05, 0) is 37.1 Å². The van der Waals surface area contributed by atoms with Crippen molar-refractivity contribution in [3.8, 4) is 5.75 Å². The van der Waals surface area contributed by atoms with Gasteiger partial charge < -0.3 is 14.5 Å². The molecule has 34 heavy (non-hydrogen) atoms. The number of hydrogen-bond acceptors (Lipinski definition) is 8. The molecule has 5 rings (SSSR count). The first kappa shape index (κ1) is 23.8. The van der Waals surface area contributed by atoms with Crippen LogP contribution in [0.4, 0.5) is 5.13 Å².